The largest absolute Gasteiger partial charge is 0.378 e. The Balaban J connectivity index is 1.45. The predicted octanol–water partition coefficient (Wildman–Crippen LogP) is 1.79. The van der Waals surface area contributed by atoms with E-state index in [0.29, 0.717) is 51.0 Å². The number of nitrogens with zero attached hydrogens (tertiary/aromatic N) is 6. The van der Waals surface area contributed by atoms with Gasteiger partial charge in [-0.15, -0.1) is 5.10 Å². The lowest BCUT2D eigenvalue weighted by atomic mass is 10.2. The second-order valence-corrected chi connectivity index (χ2v) is 8.11. The lowest BCUT2D eigenvalue weighted by Gasteiger charge is -2.28. The Labute approximate surface area is 191 Å². The van der Waals surface area contributed by atoms with Gasteiger partial charge in [-0.1, -0.05) is 29.8 Å². The highest BCUT2D eigenvalue weighted by atomic mass is 16.5. The third-order valence-corrected chi connectivity index (χ3v) is 5.72. The first-order valence-corrected chi connectivity index (χ1v) is 11.1. The molecule has 0 atom stereocenters. The maximum atomic E-state index is 13.0. The molecule has 1 N–H and O–H groups in total. The molecule has 10 heteroatoms. The Bertz CT molecular complexity index is 1160. The summed E-state index contributed by atoms with van der Waals surface area (Å²) in [5.74, 6) is 1.08. The van der Waals surface area contributed by atoms with Crippen LogP contribution in [0.3, 0.4) is 0 Å². The minimum atomic E-state index is -0.0243. The third-order valence-electron chi connectivity index (χ3n) is 5.72. The summed E-state index contributed by atoms with van der Waals surface area (Å²) >= 11 is 0. The number of morpholine rings is 2. The van der Waals surface area contributed by atoms with E-state index >= 15 is 0 Å². The number of aromatic nitrogens is 3. The minimum absolute atomic E-state index is 0.0243. The quantitative estimate of drug-likeness (QED) is 0.469. The number of amides is 1. The highest BCUT2D eigenvalue weighted by molar-refractivity contribution is 5.96. The summed E-state index contributed by atoms with van der Waals surface area (Å²) in [6.45, 7) is 7.04. The summed E-state index contributed by atoms with van der Waals surface area (Å²) in [5.41, 5.74) is 6.45. The van der Waals surface area contributed by atoms with Crippen molar-refractivity contribution < 1.29 is 14.3 Å². The van der Waals surface area contributed by atoms with Crippen LogP contribution < -0.4 is 10.3 Å². The Kier molecular flexibility index (Phi) is 6.18. The summed E-state index contributed by atoms with van der Waals surface area (Å²) in [7, 11) is 0. The van der Waals surface area contributed by atoms with Gasteiger partial charge >= 0.3 is 0 Å². The van der Waals surface area contributed by atoms with Gasteiger partial charge in [0.15, 0.2) is 5.82 Å². The number of anilines is 2. The number of carbonyl (C=O) groups excluding carboxylic acids is 1. The molecule has 4 heterocycles. The molecular formula is C23H27N7O3. The lowest BCUT2D eigenvalue weighted by Crippen LogP contribution is -2.40. The Morgan fingerprint density at radius 3 is 2.61 bits per heavy atom. The van der Waals surface area contributed by atoms with Crippen molar-refractivity contribution in [3.05, 3.63) is 53.2 Å². The summed E-state index contributed by atoms with van der Waals surface area (Å²) in [6.07, 6.45) is 3.49. The second kappa shape index (κ2) is 9.55. The van der Waals surface area contributed by atoms with Gasteiger partial charge in [0.1, 0.15) is 5.52 Å². The van der Waals surface area contributed by atoms with E-state index in [9.17, 15) is 4.79 Å². The van der Waals surface area contributed by atoms with Gasteiger partial charge in [-0.25, -0.2) is 9.94 Å². The average Bonchev–Trinajstić information content (AvgIpc) is 3.28. The van der Waals surface area contributed by atoms with Crippen LogP contribution in [0.2, 0.25) is 0 Å². The molecule has 0 aliphatic carbocycles. The number of hydrogen-bond donors (Lipinski definition) is 1. The third kappa shape index (κ3) is 4.81. The van der Waals surface area contributed by atoms with Crippen LogP contribution in [0.25, 0.3) is 5.52 Å². The van der Waals surface area contributed by atoms with E-state index in [4.69, 9.17) is 14.5 Å². The van der Waals surface area contributed by atoms with E-state index in [1.165, 1.54) is 0 Å². The standard InChI is InChI=1S/C23H27N7O3/c1-17-3-2-4-18(13-17)15-24-26-23-25-21(28-5-9-32-10-6-28)20-14-19(16-30(20)27-23)22(31)29-7-11-33-12-8-29/h2-4,13-16H,5-12H2,1H3,(H,26,27)/b24-15+. The first-order valence-electron chi connectivity index (χ1n) is 11.1. The average molecular weight is 450 g/mol. The number of carbonyl (C=O) groups is 1. The molecular weight excluding hydrogens is 422 g/mol. The smallest absolute Gasteiger partial charge is 0.263 e. The van der Waals surface area contributed by atoms with Crippen LogP contribution in [-0.4, -0.2) is 84.2 Å². The molecule has 1 aromatic carbocycles. The van der Waals surface area contributed by atoms with Gasteiger partial charge in [-0.05, 0) is 18.6 Å². The Morgan fingerprint density at radius 1 is 1.09 bits per heavy atom. The zero-order valence-electron chi connectivity index (χ0n) is 18.6. The van der Waals surface area contributed by atoms with Crippen molar-refractivity contribution in [3.63, 3.8) is 0 Å². The molecule has 0 unspecified atom stereocenters. The first kappa shape index (κ1) is 21.4. The summed E-state index contributed by atoms with van der Waals surface area (Å²) in [4.78, 5) is 21.7. The maximum Gasteiger partial charge on any atom is 0.263 e. The molecule has 2 aliphatic rings. The number of benzene rings is 1. The number of ether oxygens (including phenoxy) is 2. The summed E-state index contributed by atoms with van der Waals surface area (Å²) < 4.78 is 12.6. The van der Waals surface area contributed by atoms with Crippen molar-refractivity contribution in [1.82, 2.24) is 19.5 Å². The first-order chi connectivity index (χ1) is 16.2. The Morgan fingerprint density at radius 2 is 1.85 bits per heavy atom. The molecule has 10 nitrogen and oxygen atoms in total. The second-order valence-electron chi connectivity index (χ2n) is 8.11. The zero-order chi connectivity index (χ0) is 22.6. The molecule has 0 saturated carbocycles. The van der Waals surface area contributed by atoms with Crippen LogP contribution in [0.5, 0.6) is 0 Å². The van der Waals surface area contributed by atoms with Crippen LogP contribution in [-0.2, 0) is 9.47 Å². The highest BCUT2D eigenvalue weighted by Gasteiger charge is 2.23. The van der Waals surface area contributed by atoms with Crippen LogP contribution in [0, 0.1) is 6.92 Å². The fraction of sp³-hybridized carbons (Fsp3) is 0.391. The molecule has 172 valence electrons. The lowest BCUT2D eigenvalue weighted by molar-refractivity contribution is 0.0303. The molecule has 0 radical (unpaired) electrons. The van der Waals surface area contributed by atoms with Crippen molar-refractivity contribution in [2.24, 2.45) is 5.10 Å². The van der Waals surface area contributed by atoms with E-state index in [-0.39, 0.29) is 5.91 Å². The molecule has 2 saturated heterocycles. The van der Waals surface area contributed by atoms with Crippen LogP contribution in [0.1, 0.15) is 21.5 Å². The highest BCUT2D eigenvalue weighted by Crippen LogP contribution is 2.24. The molecule has 3 aromatic rings. The van der Waals surface area contributed by atoms with Gasteiger partial charge in [0.2, 0.25) is 0 Å². The van der Waals surface area contributed by atoms with Gasteiger partial charge in [-0.3, -0.25) is 4.79 Å². The maximum absolute atomic E-state index is 13.0. The molecule has 2 aliphatic heterocycles. The van der Waals surface area contributed by atoms with E-state index < -0.39 is 0 Å². The van der Waals surface area contributed by atoms with E-state index in [1.807, 2.05) is 42.2 Å². The minimum Gasteiger partial charge on any atom is -0.378 e. The fourth-order valence-corrected chi connectivity index (χ4v) is 4.02. The van der Waals surface area contributed by atoms with Gasteiger partial charge in [0.25, 0.3) is 11.9 Å². The Hall–Kier alpha value is -3.50. The number of hydrogen-bond acceptors (Lipinski definition) is 8. The molecule has 2 fully saturated rings. The molecule has 2 aromatic heterocycles. The molecule has 0 bridgehead atoms. The number of hydrazone groups is 1. The molecule has 33 heavy (non-hydrogen) atoms. The summed E-state index contributed by atoms with van der Waals surface area (Å²) in [5, 5.41) is 8.87. The van der Waals surface area contributed by atoms with Crippen molar-refractivity contribution in [3.8, 4) is 0 Å². The van der Waals surface area contributed by atoms with Crippen LogP contribution in [0.4, 0.5) is 11.8 Å². The SMILES string of the molecule is Cc1cccc(/C=N/Nc2nc(N3CCOCC3)c3cc(C(=O)N4CCOCC4)cn3n2)c1. The van der Waals surface area contributed by atoms with E-state index in [1.54, 1.807) is 16.9 Å². The van der Waals surface area contributed by atoms with Gasteiger partial charge < -0.3 is 19.3 Å². The van der Waals surface area contributed by atoms with Gasteiger partial charge in [-0.2, -0.15) is 10.1 Å². The molecule has 0 spiro atoms. The van der Waals surface area contributed by atoms with Crippen molar-refractivity contribution in [2.75, 3.05) is 62.9 Å². The topological polar surface area (TPSA) is 96.6 Å². The normalized spacial score (nSPS) is 17.1. The van der Waals surface area contributed by atoms with Gasteiger partial charge in [0.05, 0.1) is 38.2 Å². The zero-order valence-corrected chi connectivity index (χ0v) is 18.6. The molecule has 1 amide bonds. The van der Waals surface area contributed by atoms with Crippen molar-refractivity contribution >= 4 is 29.4 Å². The monoisotopic (exact) mass is 449 g/mol. The number of aryl methyl sites for hydroxylation is 1. The van der Waals surface area contributed by atoms with Crippen molar-refractivity contribution in [1.29, 1.82) is 0 Å². The van der Waals surface area contributed by atoms with E-state index in [0.717, 1.165) is 35.6 Å². The molecule has 5 rings (SSSR count). The summed E-state index contributed by atoms with van der Waals surface area (Å²) in [6, 6.07) is 9.92. The number of fused-ring (bicyclic) bond motifs is 1. The van der Waals surface area contributed by atoms with Crippen LogP contribution >= 0.6 is 0 Å². The van der Waals surface area contributed by atoms with Crippen LogP contribution in [0.15, 0.2) is 41.6 Å². The number of nitrogens with one attached hydrogen (secondary N) is 1. The van der Waals surface area contributed by atoms with Crippen molar-refractivity contribution in [2.45, 2.75) is 6.92 Å². The van der Waals surface area contributed by atoms with E-state index in [2.05, 4.69) is 20.5 Å². The van der Waals surface area contributed by atoms with Gasteiger partial charge in [0, 0.05) is 32.4 Å². The predicted molar refractivity (Wildman–Crippen MR) is 125 cm³/mol. The number of rotatable bonds is 5. The fourth-order valence-electron chi connectivity index (χ4n) is 4.02.